The van der Waals surface area contributed by atoms with E-state index in [2.05, 4.69) is 21.5 Å². The fraction of sp³-hybridized carbons (Fsp3) is 0.250. The van der Waals surface area contributed by atoms with Crippen molar-refractivity contribution >= 4 is 28.4 Å². The zero-order valence-electron chi connectivity index (χ0n) is 17.0. The number of amides is 1. The number of benzene rings is 2. The number of carbonyl (C=O) groups excluding carboxylic acids is 1. The van der Waals surface area contributed by atoms with Gasteiger partial charge in [0.25, 0.3) is 0 Å². The van der Waals surface area contributed by atoms with E-state index in [1.54, 1.807) is 0 Å². The van der Waals surface area contributed by atoms with Gasteiger partial charge in [0, 0.05) is 46.6 Å². The summed E-state index contributed by atoms with van der Waals surface area (Å²) in [5, 5.41) is 8.88. The van der Waals surface area contributed by atoms with Crippen LogP contribution in [0.1, 0.15) is 40.5 Å². The number of aryl methyl sites for hydroxylation is 2. The van der Waals surface area contributed by atoms with E-state index >= 15 is 0 Å². The van der Waals surface area contributed by atoms with Crippen LogP contribution in [0, 0.1) is 13.8 Å². The predicted octanol–water partition coefficient (Wildman–Crippen LogP) is 5.31. The van der Waals surface area contributed by atoms with E-state index in [-0.39, 0.29) is 11.8 Å². The van der Waals surface area contributed by atoms with Gasteiger partial charge in [-0.2, -0.15) is 0 Å². The van der Waals surface area contributed by atoms with Gasteiger partial charge in [-0.3, -0.25) is 4.79 Å². The van der Waals surface area contributed by atoms with Crippen molar-refractivity contribution in [1.82, 2.24) is 15.5 Å². The lowest BCUT2D eigenvalue weighted by atomic mass is 9.90. The number of H-pyrrole nitrogens is 1. The minimum Gasteiger partial charge on any atom is -0.361 e. The molecule has 5 nitrogen and oxygen atoms in total. The van der Waals surface area contributed by atoms with Crippen molar-refractivity contribution in [3.05, 3.63) is 87.9 Å². The Morgan fingerprint density at radius 1 is 1.13 bits per heavy atom. The lowest BCUT2D eigenvalue weighted by Gasteiger charge is -2.19. The lowest BCUT2D eigenvalue weighted by molar-refractivity contribution is -0.121. The first kappa shape index (κ1) is 20.2. The van der Waals surface area contributed by atoms with Crippen LogP contribution in [0.25, 0.3) is 10.9 Å². The third-order valence-electron chi connectivity index (χ3n) is 5.56. The third kappa shape index (κ3) is 4.12. The fourth-order valence-corrected chi connectivity index (χ4v) is 4.20. The number of aromatic nitrogens is 2. The van der Waals surface area contributed by atoms with Gasteiger partial charge in [0.05, 0.1) is 5.69 Å². The lowest BCUT2D eigenvalue weighted by Crippen LogP contribution is -2.29. The van der Waals surface area contributed by atoms with Crippen molar-refractivity contribution in [3.8, 4) is 0 Å². The van der Waals surface area contributed by atoms with Crippen LogP contribution < -0.4 is 5.32 Å². The van der Waals surface area contributed by atoms with Crippen LogP contribution in [-0.2, 0) is 11.2 Å². The fourth-order valence-electron chi connectivity index (χ4n) is 3.93. The molecule has 1 amide bonds. The minimum absolute atomic E-state index is 0.00750. The van der Waals surface area contributed by atoms with E-state index in [0.29, 0.717) is 24.4 Å². The van der Waals surface area contributed by atoms with Gasteiger partial charge in [-0.05, 0) is 43.5 Å². The average Bonchev–Trinajstić information content (AvgIpc) is 3.31. The van der Waals surface area contributed by atoms with Crippen molar-refractivity contribution in [3.63, 3.8) is 0 Å². The Kier molecular flexibility index (Phi) is 5.91. The molecule has 0 aliphatic rings. The summed E-state index contributed by atoms with van der Waals surface area (Å²) < 4.78 is 5.19. The third-order valence-corrected chi connectivity index (χ3v) is 5.91. The number of hydrogen-bond acceptors (Lipinski definition) is 3. The topological polar surface area (TPSA) is 70.9 Å². The largest absolute Gasteiger partial charge is 0.361 e. The Balaban J connectivity index is 1.54. The average molecular weight is 422 g/mol. The summed E-state index contributed by atoms with van der Waals surface area (Å²) in [4.78, 5) is 15.9. The summed E-state index contributed by atoms with van der Waals surface area (Å²) in [6, 6.07) is 16.0. The molecule has 2 aromatic carbocycles. The van der Waals surface area contributed by atoms with E-state index in [9.17, 15) is 4.79 Å². The Morgan fingerprint density at radius 2 is 1.90 bits per heavy atom. The molecule has 0 saturated carbocycles. The summed E-state index contributed by atoms with van der Waals surface area (Å²) in [6.07, 6.45) is 3.00. The molecule has 0 saturated heterocycles. The number of fused-ring (bicyclic) bond motifs is 1. The molecule has 4 aromatic rings. The maximum atomic E-state index is 12.6. The monoisotopic (exact) mass is 421 g/mol. The Labute approximate surface area is 180 Å². The van der Waals surface area contributed by atoms with Crippen LogP contribution in [0.5, 0.6) is 0 Å². The molecular weight excluding hydrogens is 398 g/mol. The Morgan fingerprint density at radius 3 is 2.67 bits per heavy atom. The molecule has 0 fully saturated rings. The van der Waals surface area contributed by atoms with Gasteiger partial charge >= 0.3 is 0 Å². The molecule has 0 aliphatic carbocycles. The highest BCUT2D eigenvalue weighted by atomic mass is 35.5. The van der Waals surface area contributed by atoms with Crippen molar-refractivity contribution in [1.29, 1.82) is 0 Å². The van der Waals surface area contributed by atoms with E-state index in [4.69, 9.17) is 16.1 Å². The maximum absolute atomic E-state index is 12.6. The quantitative estimate of drug-likeness (QED) is 0.425. The Hall–Kier alpha value is -3.05. The van der Waals surface area contributed by atoms with E-state index < -0.39 is 0 Å². The summed E-state index contributed by atoms with van der Waals surface area (Å²) in [7, 11) is 0. The summed E-state index contributed by atoms with van der Waals surface area (Å²) in [6.45, 7) is 4.23. The molecule has 1 atom stereocenters. The van der Waals surface area contributed by atoms with Crippen molar-refractivity contribution in [2.75, 3.05) is 6.54 Å². The number of carbonyl (C=O) groups is 1. The number of halogens is 1. The van der Waals surface area contributed by atoms with Crippen LogP contribution in [0.4, 0.5) is 0 Å². The second kappa shape index (κ2) is 8.76. The summed E-state index contributed by atoms with van der Waals surface area (Å²) >= 11 is 6.53. The van der Waals surface area contributed by atoms with E-state index in [0.717, 1.165) is 39.0 Å². The summed E-state index contributed by atoms with van der Waals surface area (Å²) in [5.41, 5.74) is 5.02. The van der Waals surface area contributed by atoms with Crippen LogP contribution in [-0.4, -0.2) is 22.6 Å². The van der Waals surface area contributed by atoms with Crippen molar-refractivity contribution < 1.29 is 9.32 Å². The second-order valence-corrected chi connectivity index (χ2v) is 7.88. The van der Waals surface area contributed by atoms with Crippen LogP contribution in [0.2, 0.25) is 5.02 Å². The number of nitrogens with zero attached hydrogens (tertiary/aromatic N) is 1. The molecule has 0 spiro atoms. The number of aromatic amines is 1. The molecule has 154 valence electrons. The molecule has 2 aromatic heterocycles. The molecule has 2 N–H and O–H groups in total. The molecule has 0 unspecified atom stereocenters. The highest BCUT2D eigenvalue weighted by Crippen LogP contribution is 2.34. The number of rotatable bonds is 7. The first-order valence-electron chi connectivity index (χ1n) is 10.0. The molecule has 2 heterocycles. The molecule has 0 radical (unpaired) electrons. The SMILES string of the molecule is Cc1noc(C)c1CCC(=O)NC[C@@H](c1ccccc1Cl)c1c[nH]c2ccccc12. The molecule has 0 aliphatic heterocycles. The van der Waals surface area contributed by atoms with Gasteiger partial charge in [-0.1, -0.05) is 53.2 Å². The summed E-state index contributed by atoms with van der Waals surface area (Å²) in [5.74, 6) is 0.706. The molecule has 0 bridgehead atoms. The predicted molar refractivity (Wildman–Crippen MR) is 119 cm³/mol. The van der Waals surface area contributed by atoms with E-state index in [1.807, 2.05) is 62.5 Å². The zero-order chi connectivity index (χ0) is 21.1. The first-order chi connectivity index (χ1) is 14.5. The number of hydrogen-bond donors (Lipinski definition) is 2. The smallest absolute Gasteiger partial charge is 0.220 e. The number of nitrogens with one attached hydrogen (secondary N) is 2. The van der Waals surface area contributed by atoms with Gasteiger partial charge in [0.15, 0.2) is 0 Å². The van der Waals surface area contributed by atoms with Crippen molar-refractivity contribution in [2.45, 2.75) is 32.6 Å². The minimum atomic E-state index is -0.0575. The van der Waals surface area contributed by atoms with Crippen LogP contribution >= 0.6 is 11.6 Å². The number of para-hydroxylation sites is 1. The molecule has 30 heavy (non-hydrogen) atoms. The van der Waals surface area contributed by atoms with Crippen molar-refractivity contribution in [2.24, 2.45) is 0 Å². The van der Waals surface area contributed by atoms with E-state index in [1.165, 1.54) is 0 Å². The highest BCUT2D eigenvalue weighted by Gasteiger charge is 2.21. The molecule has 6 heteroatoms. The van der Waals surface area contributed by atoms with Gasteiger partial charge in [0.2, 0.25) is 5.91 Å². The Bertz CT molecular complexity index is 1160. The van der Waals surface area contributed by atoms with Crippen LogP contribution in [0.15, 0.2) is 59.3 Å². The molecule has 4 rings (SSSR count). The second-order valence-electron chi connectivity index (χ2n) is 7.47. The van der Waals surface area contributed by atoms with Gasteiger partial charge in [-0.25, -0.2) is 0 Å². The van der Waals surface area contributed by atoms with Crippen LogP contribution in [0.3, 0.4) is 0 Å². The van der Waals surface area contributed by atoms with Gasteiger partial charge in [-0.15, -0.1) is 0 Å². The van der Waals surface area contributed by atoms with Gasteiger partial charge < -0.3 is 14.8 Å². The molecular formula is C24H24ClN3O2. The highest BCUT2D eigenvalue weighted by molar-refractivity contribution is 6.31. The van der Waals surface area contributed by atoms with Gasteiger partial charge in [0.1, 0.15) is 5.76 Å². The standard InChI is InChI=1S/C24H24ClN3O2/c1-15-17(16(2)30-28-15)11-12-24(29)27-14-20(18-7-3-5-9-22(18)25)21-13-26-23-10-6-4-8-19(21)23/h3-10,13,20,26H,11-12,14H2,1-2H3,(H,27,29)/t20-/m0/s1. The maximum Gasteiger partial charge on any atom is 0.220 e. The normalized spacial score (nSPS) is 12.2. The zero-order valence-corrected chi connectivity index (χ0v) is 17.8. The first-order valence-corrected chi connectivity index (χ1v) is 10.4.